The van der Waals surface area contributed by atoms with E-state index in [4.69, 9.17) is 14.2 Å². The summed E-state index contributed by atoms with van der Waals surface area (Å²) < 4.78 is 16.4. The van der Waals surface area contributed by atoms with Crippen molar-refractivity contribution in [1.82, 2.24) is 5.32 Å². The summed E-state index contributed by atoms with van der Waals surface area (Å²) in [5, 5.41) is 26.0. The number of carbonyl (C=O) groups is 1. The van der Waals surface area contributed by atoms with Gasteiger partial charge in [-0.05, 0) is 49.2 Å². The molecule has 0 bridgehead atoms. The summed E-state index contributed by atoms with van der Waals surface area (Å²) in [6.07, 6.45) is 0.954. The summed E-state index contributed by atoms with van der Waals surface area (Å²) in [6, 6.07) is 9.01. The highest BCUT2D eigenvalue weighted by molar-refractivity contribution is 5.96. The third kappa shape index (κ3) is 4.55. The summed E-state index contributed by atoms with van der Waals surface area (Å²) in [5.41, 5.74) is 2.29. The molecule has 1 amide bonds. The Morgan fingerprint density at radius 3 is 2.93 bits per heavy atom. The van der Waals surface area contributed by atoms with E-state index >= 15 is 0 Å². The smallest absolute Gasteiger partial charge is 0.231 e. The number of phenols is 1. The molecule has 8 heteroatoms. The molecule has 0 saturated heterocycles. The first-order valence-electron chi connectivity index (χ1n) is 9.65. The monoisotopic (exact) mass is 400 g/mol. The average molecular weight is 400 g/mol. The molecule has 2 heterocycles. The minimum Gasteiger partial charge on any atom is -0.506 e. The Labute approximate surface area is 168 Å². The summed E-state index contributed by atoms with van der Waals surface area (Å²) in [4.78, 5) is 11.5. The van der Waals surface area contributed by atoms with Gasteiger partial charge in [0.05, 0.1) is 5.69 Å². The molecular formula is C21H24N2O6. The lowest BCUT2D eigenvalue weighted by atomic mass is 10.0. The number of fused-ring (bicyclic) bond motifs is 2. The molecule has 0 radical (unpaired) electrons. The molecule has 29 heavy (non-hydrogen) atoms. The molecule has 0 spiro atoms. The van der Waals surface area contributed by atoms with Gasteiger partial charge in [0.2, 0.25) is 12.7 Å². The van der Waals surface area contributed by atoms with Crippen LogP contribution in [0, 0.1) is 0 Å². The van der Waals surface area contributed by atoms with Crippen LogP contribution >= 0.6 is 0 Å². The van der Waals surface area contributed by atoms with Gasteiger partial charge >= 0.3 is 0 Å². The van der Waals surface area contributed by atoms with E-state index in [1.807, 2.05) is 18.2 Å². The van der Waals surface area contributed by atoms with E-state index in [1.54, 1.807) is 6.07 Å². The quantitative estimate of drug-likeness (QED) is 0.393. The summed E-state index contributed by atoms with van der Waals surface area (Å²) >= 11 is 0. The number of rotatable bonds is 8. The van der Waals surface area contributed by atoms with E-state index in [9.17, 15) is 15.0 Å². The molecule has 0 aromatic heterocycles. The average Bonchev–Trinajstić information content (AvgIpc) is 3.19. The maximum absolute atomic E-state index is 11.5. The number of aromatic hydroxyl groups is 1. The van der Waals surface area contributed by atoms with Gasteiger partial charge in [-0.3, -0.25) is 4.79 Å². The number of amides is 1. The van der Waals surface area contributed by atoms with Crippen molar-refractivity contribution in [3.05, 3.63) is 41.5 Å². The van der Waals surface area contributed by atoms with Gasteiger partial charge in [0, 0.05) is 18.5 Å². The van der Waals surface area contributed by atoms with Crippen molar-refractivity contribution in [3.63, 3.8) is 0 Å². The normalized spacial score (nSPS) is 15.6. The number of aliphatic hydroxyl groups excluding tert-OH is 1. The Morgan fingerprint density at radius 1 is 1.17 bits per heavy atom. The van der Waals surface area contributed by atoms with Gasteiger partial charge in [0.15, 0.2) is 11.5 Å². The van der Waals surface area contributed by atoms with Crippen LogP contribution in [0.2, 0.25) is 0 Å². The molecule has 1 atom stereocenters. The molecule has 0 saturated carbocycles. The van der Waals surface area contributed by atoms with Crippen LogP contribution in [0.25, 0.3) is 0 Å². The fourth-order valence-electron chi connectivity index (χ4n) is 3.42. The fraction of sp³-hybridized carbons (Fsp3) is 0.381. The van der Waals surface area contributed by atoms with Crippen LogP contribution in [0.3, 0.4) is 0 Å². The van der Waals surface area contributed by atoms with Crippen molar-refractivity contribution < 1.29 is 29.2 Å². The Bertz CT molecular complexity index is 901. The van der Waals surface area contributed by atoms with E-state index in [2.05, 4.69) is 10.6 Å². The Balaban J connectivity index is 1.22. The van der Waals surface area contributed by atoms with E-state index in [-0.39, 0.29) is 25.1 Å². The van der Waals surface area contributed by atoms with Crippen molar-refractivity contribution in [2.45, 2.75) is 25.4 Å². The number of carbonyl (C=O) groups excluding carboxylic acids is 1. The molecule has 1 unspecified atom stereocenters. The highest BCUT2D eigenvalue weighted by Gasteiger charge is 2.22. The molecular weight excluding hydrogens is 376 g/mol. The molecule has 4 rings (SSSR count). The van der Waals surface area contributed by atoms with Crippen LogP contribution in [-0.4, -0.2) is 48.7 Å². The number of benzene rings is 2. The van der Waals surface area contributed by atoms with Crippen LogP contribution in [0.1, 0.15) is 17.5 Å². The van der Waals surface area contributed by atoms with E-state index in [1.165, 1.54) is 6.07 Å². The molecule has 0 fully saturated rings. The summed E-state index contributed by atoms with van der Waals surface area (Å²) in [6.45, 7) is 1.47. The molecule has 4 N–H and O–H groups in total. The van der Waals surface area contributed by atoms with Crippen molar-refractivity contribution in [2.75, 3.05) is 31.8 Å². The predicted octanol–water partition coefficient (Wildman–Crippen LogP) is 1.58. The molecule has 2 aliphatic rings. The minimum absolute atomic E-state index is 0.0196. The second-order valence-electron chi connectivity index (χ2n) is 7.09. The Kier molecular flexibility index (Phi) is 5.73. The molecule has 2 aliphatic heterocycles. The lowest BCUT2D eigenvalue weighted by molar-refractivity contribution is -0.116. The first-order chi connectivity index (χ1) is 14.1. The fourth-order valence-corrected chi connectivity index (χ4v) is 3.42. The topological polar surface area (TPSA) is 109 Å². The lowest BCUT2D eigenvalue weighted by Gasteiger charge is -2.22. The van der Waals surface area contributed by atoms with Gasteiger partial charge in [-0.1, -0.05) is 6.07 Å². The van der Waals surface area contributed by atoms with Gasteiger partial charge < -0.3 is 35.1 Å². The maximum atomic E-state index is 11.5. The number of hydrogen-bond donors (Lipinski definition) is 4. The van der Waals surface area contributed by atoms with Crippen molar-refractivity contribution in [1.29, 1.82) is 0 Å². The number of hydrogen-bond acceptors (Lipinski definition) is 7. The number of aliphatic hydroxyl groups is 1. The van der Waals surface area contributed by atoms with Crippen molar-refractivity contribution in [2.24, 2.45) is 0 Å². The second kappa shape index (κ2) is 8.59. The van der Waals surface area contributed by atoms with Gasteiger partial charge in [0.25, 0.3) is 0 Å². The number of anilines is 1. The zero-order chi connectivity index (χ0) is 20.2. The van der Waals surface area contributed by atoms with Crippen LogP contribution in [0.4, 0.5) is 5.69 Å². The van der Waals surface area contributed by atoms with Crippen LogP contribution in [-0.2, 0) is 17.6 Å². The highest BCUT2D eigenvalue weighted by atomic mass is 16.7. The maximum Gasteiger partial charge on any atom is 0.231 e. The zero-order valence-corrected chi connectivity index (χ0v) is 15.9. The molecule has 0 aliphatic carbocycles. The van der Waals surface area contributed by atoms with Gasteiger partial charge in [-0.25, -0.2) is 0 Å². The number of nitrogens with one attached hydrogen (secondary N) is 2. The van der Waals surface area contributed by atoms with Crippen LogP contribution < -0.4 is 24.8 Å². The first kappa shape index (κ1) is 19.4. The molecule has 154 valence electrons. The number of phenolic OH excluding ortho intramolecular Hbond substituents is 1. The van der Waals surface area contributed by atoms with Crippen LogP contribution in [0.15, 0.2) is 30.3 Å². The van der Waals surface area contributed by atoms with Crippen molar-refractivity contribution >= 4 is 11.6 Å². The van der Waals surface area contributed by atoms with E-state index in [0.29, 0.717) is 37.4 Å². The largest absolute Gasteiger partial charge is 0.506 e. The van der Waals surface area contributed by atoms with E-state index in [0.717, 1.165) is 29.0 Å². The second-order valence-corrected chi connectivity index (χ2v) is 7.09. The van der Waals surface area contributed by atoms with E-state index < -0.39 is 6.10 Å². The third-order valence-corrected chi connectivity index (χ3v) is 4.95. The standard InChI is InChI=1S/C21H24N2O6/c24-14(10-22-8-7-13-1-4-18-19(9-13)29-12-28-18)11-27-17-5-3-16(25)21-15(17)2-6-20(26)23-21/h1,3-5,9,14,22,24-25H,2,6-8,10-12H2,(H,23,26). The van der Waals surface area contributed by atoms with Gasteiger partial charge in [-0.15, -0.1) is 0 Å². The predicted molar refractivity (Wildman–Crippen MR) is 106 cm³/mol. The lowest BCUT2D eigenvalue weighted by Crippen LogP contribution is -2.32. The highest BCUT2D eigenvalue weighted by Crippen LogP contribution is 2.38. The van der Waals surface area contributed by atoms with Gasteiger partial charge in [-0.2, -0.15) is 0 Å². The minimum atomic E-state index is -0.686. The molecule has 2 aromatic carbocycles. The third-order valence-electron chi connectivity index (χ3n) is 4.95. The summed E-state index contributed by atoms with van der Waals surface area (Å²) in [5.74, 6) is 2.00. The zero-order valence-electron chi connectivity index (χ0n) is 15.9. The number of ether oxygens (including phenoxy) is 3. The Hall–Kier alpha value is -2.97. The molecule has 2 aromatic rings. The first-order valence-corrected chi connectivity index (χ1v) is 9.65. The molecule has 8 nitrogen and oxygen atoms in total. The van der Waals surface area contributed by atoms with Gasteiger partial charge in [0.1, 0.15) is 24.2 Å². The van der Waals surface area contributed by atoms with Crippen molar-refractivity contribution in [3.8, 4) is 23.0 Å². The summed E-state index contributed by atoms with van der Waals surface area (Å²) in [7, 11) is 0. The Morgan fingerprint density at radius 2 is 2.03 bits per heavy atom. The van der Waals surface area contributed by atoms with Crippen LogP contribution in [0.5, 0.6) is 23.0 Å². The SMILES string of the molecule is O=C1CCc2c(OCC(O)CNCCc3ccc4c(c3)OCO4)ccc(O)c2N1.